The molecule has 5 heteroatoms. The van der Waals surface area contributed by atoms with Crippen LogP contribution in [0.5, 0.6) is 0 Å². The van der Waals surface area contributed by atoms with Gasteiger partial charge in [0.1, 0.15) is 0 Å². The van der Waals surface area contributed by atoms with Crippen molar-refractivity contribution in [2.45, 2.75) is 25.4 Å². The highest BCUT2D eigenvalue weighted by atomic mass is 32.1. The second-order valence-electron chi connectivity index (χ2n) is 7.24. The SMILES string of the molecule is CN(C)C(=NCc1ccccc1)NCC1CCCN(C)C1c1cccs1. The van der Waals surface area contributed by atoms with Crippen molar-refractivity contribution in [2.24, 2.45) is 10.9 Å². The van der Waals surface area contributed by atoms with Crippen molar-refractivity contribution in [1.82, 2.24) is 15.1 Å². The maximum absolute atomic E-state index is 4.81. The molecule has 1 aromatic carbocycles. The molecule has 2 unspecified atom stereocenters. The molecular weight excluding hydrogens is 340 g/mol. The lowest BCUT2D eigenvalue weighted by Gasteiger charge is -2.39. The van der Waals surface area contributed by atoms with E-state index >= 15 is 0 Å². The van der Waals surface area contributed by atoms with Gasteiger partial charge in [-0.3, -0.25) is 4.90 Å². The highest BCUT2D eigenvalue weighted by molar-refractivity contribution is 7.10. The molecule has 0 saturated carbocycles. The maximum atomic E-state index is 4.81. The number of hydrogen-bond acceptors (Lipinski definition) is 3. The van der Waals surface area contributed by atoms with Gasteiger partial charge in [-0.2, -0.15) is 0 Å². The number of aliphatic imine (C=N–C) groups is 1. The minimum Gasteiger partial charge on any atom is -0.356 e. The lowest BCUT2D eigenvalue weighted by atomic mass is 9.88. The molecule has 2 aromatic rings. The quantitative estimate of drug-likeness (QED) is 0.641. The van der Waals surface area contributed by atoms with Crippen molar-refractivity contribution in [3.05, 3.63) is 58.3 Å². The molecule has 140 valence electrons. The Morgan fingerprint density at radius 3 is 2.73 bits per heavy atom. The Labute approximate surface area is 161 Å². The Bertz CT molecular complexity index is 681. The lowest BCUT2D eigenvalue weighted by molar-refractivity contribution is 0.125. The van der Waals surface area contributed by atoms with Gasteiger partial charge < -0.3 is 10.2 Å². The third-order valence-electron chi connectivity index (χ3n) is 5.04. The van der Waals surface area contributed by atoms with Crippen LogP contribution < -0.4 is 5.32 Å². The zero-order valence-corrected chi connectivity index (χ0v) is 16.9. The highest BCUT2D eigenvalue weighted by Crippen LogP contribution is 2.36. The number of likely N-dealkylation sites (tertiary alicyclic amines) is 1. The van der Waals surface area contributed by atoms with E-state index in [1.165, 1.54) is 29.8 Å². The summed E-state index contributed by atoms with van der Waals surface area (Å²) in [4.78, 5) is 10.9. The minimum atomic E-state index is 0.508. The molecule has 2 atom stereocenters. The van der Waals surface area contributed by atoms with Gasteiger partial charge in [-0.05, 0) is 49.4 Å². The van der Waals surface area contributed by atoms with Crippen molar-refractivity contribution in [3.8, 4) is 0 Å². The Balaban J connectivity index is 1.65. The summed E-state index contributed by atoms with van der Waals surface area (Å²) in [5, 5.41) is 5.81. The first kappa shape index (κ1) is 18.9. The second-order valence-corrected chi connectivity index (χ2v) is 8.22. The lowest BCUT2D eigenvalue weighted by Crippen LogP contribution is -2.44. The molecule has 0 bridgehead atoms. The molecule has 1 saturated heterocycles. The van der Waals surface area contributed by atoms with Crippen molar-refractivity contribution >= 4 is 17.3 Å². The molecule has 0 spiro atoms. The molecule has 26 heavy (non-hydrogen) atoms. The van der Waals surface area contributed by atoms with Crippen LogP contribution in [0.1, 0.15) is 29.3 Å². The minimum absolute atomic E-state index is 0.508. The first-order chi connectivity index (χ1) is 12.6. The summed E-state index contributed by atoms with van der Waals surface area (Å²) in [7, 11) is 6.37. The summed E-state index contributed by atoms with van der Waals surface area (Å²) in [6.45, 7) is 2.85. The number of piperidine rings is 1. The Kier molecular flexibility index (Phi) is 6.69. The van der Waals surface area contributed by atoms with Crippen LogP contribution in [-0.4, -0.2) is 50.0 Å². The van der Waals surface area contributed by atoms with Gasteiger partial charge in [-0.25, -0.2) is 4.99 Å². The van der Waals surface area contributed by atoms with E-state index in [-0.39, 0.29) is 0 Å². The topological polar surface area (TPSA) is 30.9 Å². The van der Waals surface area contributed by atoms with Crippen LogP contribution >= 0.6 is 11.3 Å². The van der Waals surface area contributed by atoms with Crippen LogP contribution in [0, 0.1) is 5.92 Å². The number of rotatable bonds is 5. The first-order valence-corrected chi connectivity index (χ1v) is 10.3. The monoisotopic (exact) mass is 370 g/mol. The first-order valence-electron chi connectivity index (χ1n) is 9.38. The van der Waals surface area contributed by atoms with E-state index in [4.69, 9.17) is 4.99 Å². The van der Waals surface area contributed by atoms with Gasteiger partial charge in [0.2, 0.25) is 0 Å². The summed E-state index contributed by atoms with van der Waals surface area (Å²) < 4.78 is 0. The molecule has 2 heterocycles. The molecule has 0 radical (unpaired) electrons. The average molecular weight is 371 g/mol. The standard InChI is InChI=1S/C21H30N4S/c1-24(2)21(22-15-17-9-5-4-6-10-17)23-16-18-11-7-13-25(3)20(18)19-12-8-14-26-19/h4-6,8-10,12,14,18,20H,7,11,13,15-16H2,1-3H3,(H,22,23). The van der Waals surface area contributed by atoms with Gasteiger partial charge in [-0.15, -0.1) is 11.3 Å². The summed E-state index contributed by atoms with van der Waals surface area (Å²) in [6, 6.07) is 15.4. The van der Waals surface area contributed by atoms with Gasteiger partial charge in [0.05, 0.1) is 6.54 Å². The van der Waals surface area contributed by atoms with Gasteiger partial charge >= 0.3 is 0 Å². The molecule has 3 rings (SSSR count). The predicted octanol–water partition coefficient (Wildman–Crippen LogP) is 3.84. The summed E-state index contributed by atoms with van der Waals surface area (Å²) in [6.07, 6.45) is 2.53. The van der Waals surface area contributed by atoms with Crippen molar-refractivity contribution in [3.63, 3.8) is 0 Å². The van der Waals surface area contributed by atoms with E-state index in [0.29, 0.717) is 18.5 Å². The molecule has 0 aliphatic carbocycles. The number of thiophene rings is 1. The van der Waals surface area contributed by atoms with E-state index < -0.39 is 0 Å². The number of hydrogen-bond donors (Lipinski definition) is 1. The predicted molar refractivity (Wildman–Crippen MR) is 112 cm³/mol. The molecule has 1 fully saturated rings. The number of nitrogens with one attached hydrogen (secondary N) is 1. The molecule has 1 N–H and O–H groups in total. The van der Waals surface area contributed by atoms with Gasteiger partial charge in [0, 0.05) is 31.6 Å². The largest absolute Gasteiger partial charge is 0.356 e. The fraction of sp³-hybridized carbons (Fsp3) is 0.476. The van der Waals surface area contributed by atoms with E-state index in [1.807, 2.05) is 17.4 Å². The van der Waals surface area contributed by atoms with Crippen molar-refractivity contribution < 1.29 is 0 Å². The zero-order chi connectivity index (χ0) is 18.4. The summed E-state index contributed by atoms with van der Waals surface area (Å²) >= 11 is 1.87. The van der Waals surface area contributed by atoms with E-state index in [2.05, 4.69) is 78.0 Å². The molecule has 4 nitrogen and oxygen atoms in total. The fourth-order valence-electron chi connectivity index (χ4n) is 3.71. The third-order valence-corrected chi connectivity index (χ3v) is 5.98. The normalized spacial score (nSPS) is 21.6. The average Bonchev–Trinajstić information content (AvgIpc) is 3.16. The molecule has 1 aliphatic heterocycles. The van der Waals surface area contributed by atoms with Crippen LogP contribution in [0.15, 0.2) is 52.8 Å². The van der Waals surface area contributed by atoms with Crippen LogP contribution in [0.4, 0.5) is 0 Å². The van der Waals surface area contributed by atoms with Crippen molar-refractivity contribution in [1.29, 1.82) is 0 Å². The molecule has 0 amide bonds. The van der Waals surface area contributed by atoms with Crippen LogP contribution in [0.25, 0.3) is 0 Å². The van der Waals surface area contributed by atoms with E-state index in [1.54, 1.807) is 0 Å². The van der Waals surface area contributed by atoms with E-state index in [0.717, 1.165) is 12.5 Å². The Morgan fingerprint density at radius 2 is 2.04 bits per heavy atom. The second kappa shape index (κ2) is 9.19. The van der Waals surface area contributed by atoms with Crippen LogP contribution in [-0.2, 0) is 6.54 Å². The number of guanidine groups is 1. The molecule has 1 aliphatic rings. The van der Waals surface area contributed by atoms with Gasteiger partial charge in [0.15, 0.2) is 5.96 Å². The zero-order valence-electron chi connectivity index (χ0n) is 16.1. The fourth-order valence-corrected chi connectivity index (χ4v) is 4.69. The summed E-state index contributed by atoms with van der Waals surface area (Å²) in [5.74, 6) is 1.57. The Morgan fingerprint density at radius 1 is 1.23 bits per heavy atom. The number of benzene rings is 1. The van der Waals surface area contributed by atoms with Gasteiger partial charge in [-0.1, -0.05) is 36.4 Å². The van der Waals surface area contributed by atoms with Crippen LogP contribution in [0.3, 0.4) is 0 Å². The smallest absolute Gasteiger partial charge is 0.193 e. The van der Waals surface area contributed by atoms with Gasteiger partial charge in [0.25, 0.3) is 0 Å². The third kappa shape index (κ3) is 4.86. The Hall–Kier alpha value is -1.85. The summed E-state index contributed by atoms with van der Waals surface area (Å²) in [5.41, 5.74) is 1.24. The van der Waals surface area contributed by atoms with Crippen molar-refractivity contribution in [2.75, 3.05) is 34.2 Å². The maximum Gasteiger partial charge on any atom is 0.193 e. The van der Waals surface area contributed by atoms with Crippen LogP contribution in [0.2, 0.25) is 0 Å². The number of nitrogens with zero attached hydrogens (tertiary/aromatic N) is 3. The molecular formula is C21H30N4S. The highest BCUT2D eigenvalue weighted by Gasteiger charge is 2.31. The molecule has 1 aromatic heterocycles. The van der Waals surface area contributed by atoms with E-state index in [9.17, 15) is 0 Å².